The Bertz CT molecular complexity index is 406. The molecule has 2 heterocycles. The van der Waals surface area contributed by atoms with E-state index in [4.69, 9.17) is 0 Å². The second-order valence-corrected chi connectivity index (χ2v) is 5.18. The molecule has 94 valence electrons. The molecular formula is C13H22N4. The van der Waals surface area contributed by atoms with Gasteiger partial charge in [-0.15, -0.1) is 0 Å². The highest BCUT2D eigenvalue weighted by atomic mass is 15.2. The number of anilines is 2. The lowest BCUT2D eigenvalue weighted by molar-refractivity contribution is 0.494. The van der Waals surface area contributed by atoms with Crippen molar-refractivity contribution in [2.24, 2.45) is 11.8 Å². The summed E-state index contributed by atoms with van der Waals surface area (Å²) in [6.45, 7) is 10.9. The Hall–Kier alpha value is -1.32. The van der Waals surface area contributed by atoms with Gasteiger partial charge in [-0.1, -0.05) is 13.8 Å². The fraction of sp³-hybridized carbons (Fsp3) is 0.692. The van der Waals surface area contributed by atoms with Gasteiger partial charge >= 0.3 is 0 Å². The fourth-order valence-corrected chi connectivity index (χ4v) is 2.47. The Balaban J connectivity index is 2.36. The highest BCUT2D eigenvalue weighted by Crippen LogP contribution is 2.30. The molecule has 4 nitrogen and oxygen atoms in total. The molecule has 1 aliphatic heterocycles. The summed E-state index contributed by atoms with van der Waals surface area (Å²) in [5.74, 6) is 4.35. The summed E-state index contributed by atoms with van der Waals surface area (Å²) in [6.07, 6.45) is 0. The van der Waals surface area contributed by atoms with Crippen LogP contribution in [0, 0.1) is 25.7 Å². The maximum Gasteiger partial charge on any atom is 0.137 e. The SMILES string of the molecule is CNc1nc(C)nc(N2CC(C)C(C)C2)c1C. The van der Waals surface area contributed by atoms with Crippen LogP contribution in [0.25, 0.3) is 0 Å². The number of aryl methyl sites for hydroxylation is 1. The van der Waals surface area contributed by atoms with Crippen LogP contribution in [0.5, 0.6) is 0 Å². The molecule has 2 rings (SSSR count). The van der Waals surface area contributed by atoms with E-state index in [2.05, 4.69) is 41.0 Å². The summed E-state index contributed by atoms with van der Waals surface area (Å²) in [7, 11) is 1.91. The molecule has 1 N–H and O–H groups in total. The van der Waals surface area contributed by atoms with E-state index in [1.807, 2.05) is 14.0 Å². The van der Waals surface area contributed by atoms with Crippen LogP contribution in [0.1, 0.15) is 25.2 Å². The van der Waals surface area contributed by atoms with E-state index >= 15 is 0 Å². The second-order valence-electron chi connectivity index (χ2n) is 5.18. The molecule has 17 heavy (non-hydrogen) atoms. The molecule has 1 fully saturated rings. The van der Waals surface area contributed by atoms with Crippen LogP contribution in [0.2, 0.25) is 0 Å². The molecule has 0 radical (unpaired) electrons. The van der Waals surface area contributed by atoms with Crippen LogP contribution in [0.4, 0.5) is 11.6 Å². The van der Waals surface area contributed by atoms with E-state index in [1.54, 1.807) is 0 Å². The van der Waals surface area contributed by atoms with Gasteiger partial charge in [-0.3, -0.25) is 0 Å². The first kappa shape index (κ1) is 12.1. The fourth-order valence-electron chi connectivity index (χ4n) is 2.47. The van der Waals surface area contributed by atoms with Crippen LogP contribution >= 0.6 is 0 Å². The van der Waals surface area contributed by atoms with Crippen molar-refractivity contribution in [1.82, 2.24) is 9.97 Å². The second kappa shape index (κ2) is 4.51. The number of hydrogen-bond donors (Lipinski definition) is 1. The van der Waals surface area contributed by atoms with E-state index in [0.29, 0.717) is 0 Å². The lowest BCUT2D eigenvalue weighted by atomic mass is 10.0. The normalized spacial score (nSPS) is 24.2. The zero-order valence-corrected chi connectivity index (χ0v) is 11.4. The zero-order valence-electron chi connectivity index (χ0n) is 11.4. The van der Waals surface area contributed by atoms with Crippen LogP contribution < -0.4 is 10.2 Å². The number of hydrogen-bond acceptors (Lipinski definition) is 4. The molecule has 0 amide bonds. The number of nitrogens with zero attached hydrogens (tertiary/aromatic N) is 3. The zero-order chi connectivity index (χ0) is 12.6. The highest BCUT2D eigenvalue weighted by Gasteiger charge is 2.28. The maximum absolute atomic E-state index is 4.61. The number of aromatic nitrogens is 2. The largest absolute Gasteiger partial charge is 0.373 e. The monoisotopic (exact) mass is 234 g/mol. The summed E-state index contributed by atoms with van der Waals surface area (Å²) in [5.41, 5.74) is 1.15. The minimum Gasteiger partial charge on any atom is -0.373 e. The highest BCUT2D eigenvalue weighted by molar-refractivity contribution is 5.58. The predicted octanol–water partition coefficient (Wildman–Crippen LogP) is 2.23. The lowest BCUT2D eigenvalue weighted by Gasteiger charge is -2.21. The van der Waals surface area contributed by atoms with E-state index in [9.17, 15) is 0 Å². The topological polar surface area (TPSA) is 41.1 Å². The molecule has 2 unspecified atom stereocenters. The Morgan fingerprint density at radius 1 is 1.12 bits per heavy atom. The van der Waals surface area contributed by atoms with Crippen LogP contribution in [0.3, 0.4) is 0 Å². The van der Waals surface area contributed by atoms with Crippen LogP contribution in [0.15, 0.2) is 0 Å². The van der Waals surface area contributed by atoms with Crippen molar-refractivity contribution in [3.63, 3.8) is 0 Å². The Morgan fingerprint density at radius 2 is 1.71 bits per heavy atom. The first-order chi connectivity index (χ1) is 8.02. The van der Waals surface area contributed by atoms with Crippen molar-refractivity contribution in [2.75, 3.05) is 30.4 Å². The molecule has 1 aromatic rings. The average molecular weight is 234 g/mol. The quantitative estimate of drug-likeness (QED) is 0.852. The molecule has 0 bridgehead atoms. The van der Waals surface area contributed by atoms with Crippen molar-refractivity contribution in [2.45, 2.75) is 27.7 Å². The van der Waals surface area contributed by atoms with Crippen molar-refractivity contribution in [3.05, 3.63) is 11.4 Å². The molecule has 0 aliphatic carbocycles. The number of rotatable bonds is 2. The summed E-state index contributed by atoms with van der Waals surface area (Å²) >= 11 is 0. The summed E-state index contributed by atoms with van der Waals surface area (Å²) in [5, 5.41) is 3.14. The van der Waals surface area contributed by atoms with E-state index in [1.165, 1.54) is 0 Å². The Labute approximate surface area is 103 Å². The third kappa shape index (κ3) is 2.21. The molecule has 1 saturated heterocycles. The van der Waals surface area contributed by atoms with Gasteiger partial charge in [0, 0.05) is 25.7 Å². The van der Waals surface area contributed by atoms with Gasteiger partial charge in [0.1, 0.15) is 17.5 Å². The summed E-state index contributed by atoms with van der Waals surface area (Å²) in [6, 6.07) is 0. The van der Waals surface area contributed by atoms with Gasteiger partial charge < -0.3 is 10.2 Å². The van der Waals surface area contributed by atoms with Crippen molar-refractivity contribution in [1.29, 1.82) is 0 Å². The third-order valence-electron chi connectivity index (χ3n) is 3.76. The molecule has 1 aromatic heterocycles. The molecule has 2 atom stereocenters. The molecule has 0 spiro atoms. The van der Waals surface area contributed by atoms with E-state index < -0.39 is 0 Å². The van der Waals surface area contributed by atoms with Crippen LogP contribution in [-0.2, 0) is 0 Å². The van der Waals surface area contributed by atoms with E-state index in [-0.39, 0.29) is 0 Å². The molecule has 4 heteroatoms. The minimum atomic E-state index is 0.739. The van der Waals surface area contributed by atoms with Gasteiger partial charge in [-0.2, -0.15) is 0 Å². The van der Waals surface area contributed by atoms with Crippen molar-refractivity contribution < 1.29 is 0 Å². The Morgan fingerprint density at radius 3 is 2.24 bits per heavy atom. The van der Waals surface area contributed by atoms with Crippen LogP contribution in [-0.4, -0.2) is 30.1 Å². The summed E-state index contributed by atoms with van der Waals surface area (Å²) < 4.78 is 0. The Kier molecular flexibility index (Phi) is 3.22. The summed E-state index contributed by atoms with van der Waals surface area (Å²) in [4.78, 5) is 11.4. The molecular weight excluding hydrogens is 212 g/mol. The predicted molar refractivity (Wildman–Crippen MR) is 71.6 cm³/mol. The van der Waals surface area contributed by atoms with Gasteiger partial charge in [0.05, 0.1) is 0 Å². The molecule has 0 aromatic carbocycles. The smallest absolute Gasteiger partial charge is 0.137 e. The molecule has 0 saturated carbocycles. The van der Waals surface area contributed by atoms with Crippen molar-refractivity contribution >= 4 is 11.6 Å². The van der Waals surface area contributed by atoms with Gasteiger partial charge in [-0.25, -0.2) is 9.97 Å². The van der Waals surface area contributed by atoms with Gasteiger partial charge in [0.25, 0.3) is 0 Å². The minimum absolute atomic E-state index is 0.739. The third-order valence-corrected chi connectivity index (χ3v) is 3.76. The van der Waals surface area contributed by atoms with Gasteiger partial charge in [0.2, 0.25) is 0 Å². The number of nitrogens with one attached hydrogen (secondary N) is 1. The van der Waals surface area contributed by atoms with Gasteiger partial charge in [0.15, 0.2) is 0 Å². The lowest BCUT2D eigenvalue weighted by Crippen LogP contribution is -2.23. The average Bonchev–Trinajstić information content (AvgIpc) is 2.62. The van der Waals surface area contributed by atoms with Gasteiger partial charge in [-0.05, 0) is 25.7 Å². The first-order valence-corrected chi connectivity index (χ1v) is 6.31. The standard InChI is InChI=1S/C13H22N4/c1-8-6-17(7-9(8)2)13-10(3)12(14-5)15-11(4)16-13/h8-9H,6-7H2,1-5H3,(H,14,15,16). The first-order valence-electron chi connectivity index (χ1n) is 6.31. The van der Waals surface area contributed by atoms with E-state index in [0.717, 1.165) is 47.9 Å². The molecule has 1 aliphatic rings. The van der Waals surface area contributed by atoms with Crippen molar-refractivity contribution in [3.8, 4) is 0 Å². The maximum atomic E-state index is 4.61.